The van der Waals surface area contributed by atoms with E-state index in [4.69, 9.17) is 4.99 Å². The fraction of sp³-hybridized carbons (Fsp3) is 0.952. The minimum absolute atomic E-state index is 0.107. The number of hydrogen-bond donors (Lipinski definition) is 3. The number of rotatable bonds is 5. The van der Waals surface area contributed by atoms with Gasteiger partial charge in [-0.15, -0.1) is 0 Å². The second-order valence-corrected chi connectivity index (χ2v) is 8.92. The lowest BCUT2D eigenvalue weighted by Crippen LogP contribution is -2.58. The van der Waals surface area contributed by atoms with E-state index >= 15 is 0 Å². The molecule has 3 N–H and O–H groups in total. The van der Waals surface area contributed by atoms with Crippen molar-refractivity contribution in [2.45, 2.75) is 82.4 Å². The molecular formula is C21H41N5O. The molecule has 6 heteroatoms. The van der Waals surface area contributed by atoms with Crippen LogP contribution >= 0.6 is 0 Å². The molecule has 0 spiro atoms. The van der Waals surface area contributed by atoms with Crippen molar-refractivity contribution < 1.29 is 5.11 Å². The van der Waals surface area contributed by atoms with Gasteiger partial charge in [-0.25, -0.2) is 0 Å². The molecule has 0 aromatic carbocycles. The number of piperidine rings is 2. The maximum atomic E-state index is 9.75. The minimum atomic E-state index is -0.107. The zero-order valence-corrected chi connectivity index (χ0v) is 17.6. The van der Waals surface area contributed by atoms with E-state index < -0.39 is 0 Å². The second-order valence-electron chi connectivity index (χ2n) is 8.92. The first-order chi connectivity index (χ1) is 13.1. The summed E-state index contributed by atoms with van der Waals surface area (Å²) in [5.41, 5.74) is 0.234. The lowest BCUT2D eigenvalue weighted by molar-refractivity contribution is 0.0208. The smallest absolute Gasteiger partial charge is 0.191 e. The summed E-state index contributed by atoms with van der Waals surface area (Å²) in [6.45, 7) is 8.75. The Hall–Kier alpha value is -0.850. The summed E-state index contributed by atoms with van der Waals surface area (Å²) < 4.78 is 0. The van der Waals surface area contributed by atoms with Gasteiger partial charge in [0.1, 0.15) is 0 Å². The van der Waals surface area contributed by atoms with Crippen molar-refractivity contribution in [1.82, 2.24) is 20.4 Å². The van der Waals surface area contributed by atoms with E-state index in [-0.39, 0.29) is 11.6 Å². The Bertz CT molecular complexity index is 461. The molecule has 1 saturated carbocycles. The van der Waals surface area contributed by atoms with Crippen molar-refractivity contribution in [3.63, 3.8) is 0 Å². The standard InChI is InChI=1S/C21H41N5O/c1-3-22-20(24-18-7-9-19(27)10-8-18)23-17-21(11-15-25(2)16-12-21)26-13-5-4-6-14-26/h18-19,27H,3-17H2,1-2H3,(H2,22,23,24). The average molecular weight is 380 g/mol. The molecule has 27 heavy (non-hydrogen) atoms. The highest BCUT2D eigenvalue weighted by Gasteiger charge is 2.39. The predicted molar refractivity (Wildman–Crippen MR) is 112 cm³/mol. The van der Waals surface area contributed by atoms with Gasteiger partial charge in [0, 0.05) is 18.1 Å². The van der Waals surface area contributed by atoms with Gasteiger partial charge in [0.25, 0.3) is 0 Å². The van der Waals surface area contributed by atoms with E-state index in [1.807, 2.05) is 0 Å². The highest BCUT2D eigenvalue weighted by molar-refractivity contribution is 5.80. The number of nitrogens with zero attached hydrogens (tertiary/aromatic N) is 3. The van der Waals surface area contributed by atoms with E-state index in [0.717, 1.165) is 44.7 Å². The SMILES string of the molecule is CCNC(=NCC1(N2CCCCC2)CCN(C)CC1)NC1CCC(O)CC1. The first kappa shape index (κ1) is 20.9. The third kappa shape index (κ3) is 5.81. The lowest BCUT2D eigenvalue weighted by atomic mass is 9.84. The Morgan fingerprint density at radius 1 is 1.04 bits per heavy atom. The van der Waals surface area contributed by atoms with Crippen LogP contribution in [0.15, 0.2) is 4.99 Å². The Morgan fingerprint density at radius 2 is 1.70 bits per heavy atom. The third-order valence-electron chi connectivity index (χ3n) is 6.86. The molecule has 0 aromatic heterocycles. The molecule has 1 aliphatic carbocycles. The monoisotopic (exact) mass is 379 g/mol. The van der Waals surface area contributed by atoms with Gasteiger partial charge in [-0.05, 0) is 91.5 Å². The number of aliphatic imine (C=N–C) groups is 1. The first-order valence-electron chi connectivity index (χ1n) is 11.3. The molecule has 2 heterocycles. The van der Waals surface area contributed by atoms with Crippen LogP contribution in [0.3, 0.4) is 0 Å². The summed E-state index contributed by atoms with van der Waals surface area (Å²) in [6.07, 6.45) is 10.3. The van der Waals surface area contributed by atoms with Crippen LogP contribution in [0.25, 0.3) is 0 Å². The van der Waals surface area contributed by atoms with Crippen molar-refractivity contribution in [3.8, 4) is 0 Å². The third-order valence-corrected chi connectivity index (χ3v) is 6.86. The number of aliphatic hydroxyl groups excluding tert-OH is 1. The highest BCUT2D eigenvalue weighted by Crippen LogP contribution is 2.31. The van der Waals surface area contributed by atoms with Gasteiger partial charge in [0.05, 0.1) is 12.6 Å². The lowest BCUT2D eigenvalue weighted by Gasteiger charge is -2.49. The minimum Gasteiger partial charge on any atom is -0.393 e. The maximum Gasteiger partial charge on any atom is 0.191 e. The first-order valence-corrected chi connectivity index (χ1v) is 11.3. The van der Waals surface area contributed by atoms with E-state index in [9.17, 15) is 5.11 Å². The molecule has 3 aliphatic rings. The second kappa shape index (κ2) is 10.1. The quantitative estimate of drug-likeness (QED) is 0.502. The maximum absolute atomic E-state index is 9.75. The van der Waals surface area contributed by atoms with E-state index in [1.54, 1.807) is 0 Å². The molecule has 0 aromatic rings. The normalized spacial score (nSPS) is 30.9. The average Bonchev–Trinajstić information content (AvgIpc) is 2.70. The van der Waals surface area contributed by atoms with Gasteiger partial charge in [-0.1, -0.05) is 6.42 Å². The van der Waals surface area contributed by atoms with Crippen LogP contribution in [0.2, 0.25) is 0 Å². The Balaban J connectivity index is 1.66. The van der Waals surface area contributed by atoms with Gasteiger partial charge in [-0.3, -0.25) is 9.89 Å². The predicted octanol–water partition coefficient (Wildman–Crippen LogP) is 1.80. The fourth-order valence-electron chi connectivity index (χ4n) is 4.94. The number of hydrogen-bond acceptors (Lipinski definition) is 4. The summed E-state index contributed by atoms with van der Waals surface area (Å²) >= 11 is 0. The van der Waals surface area contributed by atoms with E-state index in [2.05, 4.69) is 34.4 Å². The van der Waals surface area contributed by atoms with Crippen LogP contribution < -0.4 is 10.6 Å². The van der Waals surface area contributed by atoms with Crippen LogP contribution in [0.1, 0.15) is 64.7 Å². The van der Waals surface area contributed by atoms with Gasteiger partial charge < -0.3 is 20.6 Å². The number of likely N-dealkylation sites (tertiary alicyclic amines) is 2. The van der Waals surface area contributed by atoms with E-state index in [1.165, 1.54) is 58.3 Å². The van der Waals surface area contributed by atoms with Crippen molar-refractivity contribution >= 4 is 5.96 Å². The van der Waals surface area contributed by atoms with Crippen LogP contribution in [-0.2, 0) is 0 Å². The van der Waals surface area contributed by atoms with Gasteiger partial charge in [0.15, 0.2) is 5.96 Å². The summed E-state index contributed by atoms with van der Waals surface area (Å²) in [5.74, 6) is 0.967. The summed E-state index contributed by atoms with van der Waals surface area (Å²) in [6, 6.07) is 0.439. The summed E-state index contributed by atoms with van der Waals surface area (Å²) in [5, 5.41) is 16.9. The number of nitrogens with one attached hydrogen (secondary N) is 2. The molecule has 3 rings (SSSR count). The molecule has 0 amide bonds. The van der Waals surface area contributed by atoms with Gasteiger partial charge in [-0.2, -0.15) is 0 Å². The molecule has 156 valence electrons. The summed E-state index contributed by atoms with van der Waals surface area (Å²) in [7, 11) is 2.24. The number of guanidine groups is 1. The fourth-order valence-corrected chi connectivity index (χ4v) is 4.94. The topological polar surface area (TPSA) is 63.1 Å². The Morgan fingerprint density at radius 3 is 2.33 bits per heavy atom. The van der Waals surface area contributed by atoms with Crippen LogP contribution in [0.4, 0.5) is 0 Å². The molecule has 0 bridgehead atoms. The highest BCUT2D eigenvalue weighted by atomic mass is 16.3. The van der Waals surface area contributed by atoms with Crippen molar-refractivity contribution in [3.05, 3.63) is 0 Å². The van der Waals surface area contributed by atoms with Crippen molar-refractivity contribution in [2.75, 3.05) is 46.3 Å². The summed E-state index contributed by atoms with van der Waals surface area (Å²) in [4.78, 5) is 10.3. The molecule has 2 saturated heterocycles. The Labute approximate surface area is 165 Å². The van der Waals surface area contributed by atoms with Crippen LogP contribution in [0, 0.1) is 0 Å². The molecular weight excluding hydrogens is 338 g/mol. The Kier molecular flexibility index (Phi) is 7.79. The molecule has 0 atom stereocenters. The molecule has 0 unspecified atom stereocenters. The molecule has 2 aliphatic heterocycles. The van der Waals surface area contributed by atoms with Crippen LogP contribution in [-0.4, -0.2) is 84.9 Å². The van der Waals surface area contributed by atoms with Gasteiger partial charge >= 0.3 is 0 Å². The van der Waals surface area contributed by atoms with Crippen molar-refractivity contribution in [1.29, 1.82) is 0 Å². The molecule has 3 fully saturated rings. The largest absolute Gasteiger partial charge is 0.393 e. The van der Waals surface area contributed by atoms with Crippen LogP contribution in [0.5, 0.6) is 0 Å². The number of aliphatic hydroxyl groups is 1. The van der Waals surface area contributed by atoms with Gasteiger partial charge in [0.2, 0.25) is 0 Å². The molecule has 6 nitrogen and oxygen atoms in total. The zero-order valence-electron chi connectivity index (χ0n) is 17.6. The van der Waals surface area contributed by atoms with E-state index in [0.29, 0.717) is 6.04 Å². The zero-order chi connectivity index (χ0) is 19.1. The molecule has 0 radical (unpaired) electrons. The van der Waals surface area contributed by atoms with Crippen molar-refractivity contribution in [2.24, 2.45) is 4.99 Å².